The predicted molar refractivity (Wildman–Crippen MR) is 79.2 cm³/mol. The van der Waals surface area contributed by atoms with E-state index in [2.05, 4.69) is 50.1 Å². The Kier molecular flexibility index (Phi) is 4.97. The summed E-state index contributed by atoms with van der Waals surface area (Å²) >= 11 is 0. The van der Waals surface area contributed by atoms with E-state index in [0.29, 0.717) is 6.04 Å². The minimum absolute atomic E-state index is 0.119. The second-order valence-corrected chi connectivity index (χ2v) is 5.67. The van der Waals surface area contributed by atoms with E-state index in [1.165, 1.54) is 11.1 Å². The monoisotopic (exact) mass is 262 g/mol. The third kappa shape index (κ3) is 3.35. The molecule has 0 aromatic heterocycles. The normalized spacial score (nSPS) is 20.5. The highest BCUT2D eigenvalue weighted by Crippen LogP contribution is 2.29. The molecule has 1 aromatic carbocycles. The van der Waals surface area contributed by atoms with Gasteiger partial charge in [0.15, 0.2) is 0 Å². The van der Waals surface area contributed by atoms with Gasteiger partial charge in [0.1, 0.15) is 0 Å². The van der Waals surface area contributed by atoms with E-state index in [1.807, 2.05) is 0 Å². The van der Waals surface area contributed by atoms with E-state index in [4.69, 9.17) is 10.5 Å². The van der Waals surface area contributed by atoms with Gasteiger partial charge in [-0.05, 0) is 44.9 Å². The standard InChI is InChI=1S/C16H26N2O/c1-12-6-4-5-7-15(12)16(13(2)17)18(3)14-8-10-19-11-9-14/h4-7,13-14,16H,8-11,17H2,1-3H3. The molecule has 0 radical (unpaired) electrons. The van der Waals surface area contributed by atoms with Crippen molar-refractivity contribution in [2.45, 2.75) is 44.8 Å². The molecule has 0 bridgehead atoms. The van der Waals surface area contributed by atoms with Crippen LogP contribution in [0.25, 0.3) is 0 Å². The molecule has 19 heavy (non-hydrogen) atoms. The van der Waals surface area contributed by atoms with Gasteiger partial charge in [0, 0.05) is 31.3 Å². The highest BCUT2D eigenvalue weighted by molar-refractivity contribution is 5.30. The molecule has 1 aliphatic heterocycles. The molecular weight excluding hydrogens is 236 g/mol. The molecule has 2 N–H and O–H groups in total. The Bertz CT molecular complexity index is 399. The van der Waals surface area contributed by atoms with Crippen molar-refractivity contribution in [3.05, 3.63) is 35.4 Å². The Balaban J connectivity index is 2.22. The third-order valence-electron chi connectivity index (χ3n) is 4.21. The first-order valence-electron chi connectivity index (χ1n) is 7.22. The molecule has 1 fully saturated rings. The first kappa shape index (κ1) is 14.5. The van der Waals surface area contributed by atoms with E-state index in [-0.39, 0.29) is 12.1 Å². The van der Waals surface area contributed by atoms with E-state index in [9.17, 15) is 0 Å². The smallest absolute Gasteiger partial charge is 0.0498 e. The van der Waals surface area contributed by atoms with Crippen LogP contribution in [0, 0.1) is 6.92 Å². The highest BCUT2D eigenvalue weighted by Gasteiger charge is 2.28. The van der Waals surface area contributed by atoms with Gasteiger partial charge in [0.25, 0.3) is 0 Å². The largest absolute Gasteiger partial charge is 0.381 e. The summed E-state index contributed by atoms with van der Waals surface area (Å²) in [6.07, 6.45) is 2.21. The maximum Gasteiger partial charge on any atom is 0.0498 e. The number of benzene rings is 1. The second kappa shape index (κ2) is 6.51. The molecule has 0 amide bonds. The number of aryl methyl sites for hydroxylation is 1. The van der Waals surface area contributed by atoms with Crippen molar-refractivity contribution in [1.29, 1.82) is 0 Å². The summed E-state index contributed by atoms with van der Waals surface area (Å²) in [7, 11) is 2.20. The fraction of sp³-hybridized carbons (Fsp3) is 0.625. The summed E-state index contributed by atoms with van der Waals surface area (Å²) in [6.45, 7) is 6.01. The van der Waals surface area contributed by atoms with E-state index < -0.39 is 0 Å². The van der Waals surface area contributed by atoms with Gasteiger partial charge < -0.3 is 10.5 Å². The summed E-state index contributed by atoms with van der Waals surface area (Å²) in [4.78, 5) is 2.45. The van der Waals surface area contributed by atoms with Crippen LogP contribution in [0.1, 0.15) is 36.9 Å². The Labute approximate surface area is 116 Å². The molecule has 0 aliphatic carbocycles. The van der Waals surface area contributed by atoms with Gasteiger partial charge in [-0.1, -0.05) is 24.3 Å². The van der Waals surface area contributed by atoms with Crippen molar-refractivity contribution < 1.29 is 4.74 Å². The van der Waals surface area contributed by atoms with Gasteiger partial charge in [-0.3, -0.25) is 4.90 Å². The second-order valence-electron chi connectivity index (χ2n) is 5.67. The van der Waals surface area contributed by atoms with Gasteiger partial charge in [0.2, 0.25) is 0 Å². The lowest BCUT2D eigenvalue weighted by molar-refractivity contribution is 0.0245. The summed E-state index contributed by atoms with van der Waals surface area (Å²) in [5.74, 6) is 0. The van der Waals surface area contributed by atoms with Gasteiger partial charge in [-0.25, -0.2) is 0 Å². The fourth-order valence-electron chi connectivity index (χ4n) is 3.11. The maximum absolute atomic E-state index is 6.27. The predicted octanol–water partition coefficient (Wildman–Crippen LogP) is 2.49. The highest BCUT2D eigenvalue weighted by atomic mass is 16.5. The topological polar surface area (TPSA) is 38.5 Å². The lowest BCUT2D eigenvalue weighted by atomic mass is 9.93. The molecule has 106 valence electrons. The quantitative estimate of drug-likeness (QED) is 0.906. The molecule has 0 saturated carbocycles. The Morgan fingerprint density at radius 2 is 1.89 bits per heavy atom. The molecule has 2 unspecified atom stereocenters. The van der Waals surface area contributed by atoms with Crippen molar-refractivity contribution in [3.63, 3.8) is 0 Å². The number of rotatable bonds is 4. The number of likely N-dealkylation sites (N-methyl/N-ethyl adjacent to an activating group) is 1. The number of ether oxygens (including phenoxy) is 1. The summed E-state index contributed by atoms with van der Waals surface area (Å²) in [5, 5.41) is 0. The van der Waals surface area contributed by atoms with Gasteiger partial charge in [-0.2, -0.15) is 0 Å². The molecule has 3 nitrogen and oxygen atoms in total. The van der Waals surface area contributed by atoms with Crippen molar-refractivity contribution in [1.82, 2.24) is 4.90 Å². The zero-order valence-electron chi connectivity index (χ0n) is 12.3. The van der Waals surface area contributed by atoms with Crippen molar-refractivity contribution in [3.8, 4) is 0 Å². The first-order chi connectivity index (χ1) is 9.11. The molecule has 2 atom stereocenters. The average Bonchev–Trinajstić information content (AvgIpc) is 2.42. The number of nitrogens with two attached hydrogens (primary N) is 1. The zero-order valence-corrected chi connectivity index (χ0v) is 12.3. The van der Waals surface area contributed by atoms with Crippen LogP contribution in [0.3, 0.4) is 0 Å². The van der Waals surface area contributed by atoms with Crippen LogP contribution >= 0.6 is 0 Å². The van der Waals surface area contributed by atoms with E-state index in [0.717, 1.165) is 26.1 Å². The molecule has 0 spiro atoms. The molecule has 1 aliphatic rings. The van der Waals surface area contributed by atoms with Crippen LogP contribution in [-0.2, 0) is 4.74 Å². The summed E-state index contributed by atoms with van der Waals surface area (Å²) in [5.41, 5.74) is 8.95. The minimum Gasteiger partial charge on any atom is -0.381 e. The maximum atomic E-state index is 6.27. The number of nitrogens with zero attached hydrogens (tertiary/aromatic N) is 1. The lowest BCUT2D eigenvalue weighted by Gasteiger charge is -2.39. The zero-order chi connectivity index (χ0) is 13.8. The molecule has 1 heterocycles. The summed E-state index contributed by atoms with van der Waals surface area (Å²) < 4.78 is 5.46. The fourth-order valence-corrected chi connectivity index (χ4v) is 3.11. The van der Waals surface area contributed by atoms with Crippen LogP contribution < -0.4 is 5.73 Å². The molecule has 3 heteroatoms. The third-order valence-corrected chi connectivity index (χ3v) is 4.21. The van der Waals surface area contributed by atoms with Crippen molar-refractivity contribution in [2.75, 3.05) is 20.3 Å². The van der Waals surface area contributed by atoms with Crippen LogP contribution in [0.4, 0.5) is 0 Å². The van der Waals surface area contributed by atoms with E-state index >= 15 is 0 Å². The SMILES string of the molecule is Cc1ccccc1C(C(C)N)N(C)C1CCOCC1. The van der Waals surface area contributed by atoms with Crippen LogP contribution in [0.2, 0.25) is 0 Å². The summed E-state index contributed by atoms with van der Waals surface area (Å²) in [6, 6.07) is 9.55. The Hall–Kier alpha value is -0.900. The van der Waals surface area contributed by atoms with Gasteiger partial charge >= 0.3 is 0 Å². The number of hydrogen-bond donors (Lipinski definition) is 1. The molecular formula is C16H26N2O. The lowest BCUT2D eigenvalue weighted by Crippen LogP contribution is -2.45. The van der Waals surface area contributed by atoms with Crippen molar-refractivity contribution >= 4 is 0 Å². The van der Waals surface area contributed by atoms with Crippen molar-refractivity contribution in [2.24, 2.45) is 5.73 Å². The van der Waals surface area contributed by atoms with Gasteiger partial charge in [0.05, 0.1) is 0 Å². The minimum atomic E-state index is 0.119. The van der Waals surface area contributed by atoms with Crippen LogP contribution in [0.5, 0.6) is 0 Å². The first-order valence-corrected chi connectivity index (χ1v) is 7.22. The number of hydrogen-bond acceptors (Lipinski definition) is 3. The van der Waals surface area contributed by atoms with E-state index in [1.54, 1.807) is 0 Å². The Morgan fingerprint density at radius 3 is 2.47 bits per heavy atom. The molecule has 2 rings (SSSR count). The molecule has 1 aromatic rings. The van der Waals surface area contributed by atoms with Crippen LogP contribution in [0.15, 0.2) is 24.3 Å². The Morgan fingerprint density at radius 1 is 1.26 bits per heavy atom. The average molecular weight is 262 g/mol. The molecule has 1 saturated heterocycles. The van der Waals surface area contributed by atoms with Crippen LogP contribution in [-0.4, -0.2) is 37.2 Å². The van der Waals surface area contributed by atoms with Gasteiger partial charge in [-0.15, -0.1) is 0 Å².